The SMILES string of the molecule is C=CCn1c(=O)c2cnc(Nc3ccc(N4CCNCC4)c(CO)c3)nc2n1-c1ccc(=O)n(C(C)C)c1. The van der Waals surface area contributed by atoms with E-state index in [1.54, 1.807) is 27.6 Å². The maximum absolute atomic E-state index is 13.2. The minimum atomic E-state index is -0.253. The summed E-state index contributed by atoms with van der Waals surface area (Å²) in [6.07, 6.45) is 4.87. The Morgan fingerprint density at radius 1 is 1.18 bits per heavy atom. The number of benzene rings is 1. The van der Waals surface area contributed by atoms with Gasteiger partial charge >= 0.3 is 0 Å². The molecule has 4 aromatic rings. The van der Waals surface area contributed by atoms with Crippen LogP contribution in [0.5, 0.6) is 0 Å². The van der Waals surface area contributed by atoms with Crippen LogP contribution in [0.25, 0.3) is 16.7 Å². The third-order valence-electron chi connectivity index (χ3n) is 6.66. The maximum atomic E-state index is 13.2. The molecule has 3 aromatic heterocycles. The zero-order valence-corrected chi connectivity index (χ0v) is 21.6. The molecule has 0 aliphatic carbocycles. The second-order valence-corrected chi connectivity index (χ2v) is 9.51. The molecule has 1 aromatic carbocycles. The fraction of sp³-hybridized carbons (Fsp3) is 0.333. The summed E-state index contributed by atoms with van der Waals surface area (Å²) in [5, 5.41) is 16.9. The van der Waals surface area contributed by atoms with Gasteiger partial charge in [-0.25, -0.2) is 14.3 Å². The third-order valence-corrected chi connectivity index (χ3v) is 6.66. The Balaban J connectivity index is 1.57. The molecule has 11 nitrogen and oxygen atoms in total. The molecular formula is C27H32N8O3. The predicted octanol–water partition coefficient (Wildman–Crippen LogP) is 2.16. The van der Waals surface area contributed by atoms with E-state index in [0.717, 1.165) is 43.1 Å². The van der Waals surface area contributed by atoms with Crippen molar-refractivity contribution in [1.29, 1.82) is 0 Å². The van der Waals surface area contributed by atoms with Gasteiger partial charge in [0.15, 0.2) is 5.65 Å². The summed E-state index contributed by atoms with van der Waals surface area (Å²) in [6.45, 7) is 11.4. The van der Waals surface area contributed by atoms with Crippen molar-refractivity contribution in [1.82, 2.24) is 29.2 Å². The van der Waals surface area contributed by atoms with Gasteiger partial charge in [-0.15, -0.1) is 6.58 Å². The highest BCUT2D eigenvalue weighted by Crippen LogP contribution is 2.27. The first-order chi connectivity index (χ1) is 18.4. The molecule has 4 heterocycles. The molecule has 0 amide bonds. The number of nitrogens with zero attached hydrogens (tertiary/aromatic N) is 6. The van der Waals surface area contributed by atoms with Crippen molar-refractivity contribution < 1.29 is 5.11 Å². The lowest BCUT2D eigenvalue weighted by molar-refractivity contribution is 0.282. The molecule has 0 saturated carbocycles. The van der Waals surface area contributed by atoms with Crippen molar-refractivity contribution in [3.63, 3.8) is 0 Å². The number of hydrogen-bond acceptors (Lipinski definition) is 8. The second-order valence-electron chi connectivity index (χ2n) is 9.51. The van der Waals surface area contributed by atoms with Crippen LogP contribution < -0.4 is 26.7 Å². The van der Waals surface area contributed by atoms with Crippen LogP contribution in [0.15, 0.2) is 65.0 Å². The van der Waals surface area contributed by atoms with Gasteiger partial charge in [-0.05, 0) is 38.1 Å². The number of aliphatic hydroxyl groups is 1. The Hall–Kier alpha value is -4.22. The monoisotopic (exact) mass is 516 g/mol. The Morgan fingerprint density at radius 2 is 1.97 bits per heavy atom. The topological polar surface area (TPSA) is 122 Å². The smallest absolute Gasteiger partial charge is 0.278 e. The zero-order valence-electron chi connectivity index (χ0n) is 21.6. The van der Waals surface area contributed by atoms with E-state index in [4.69, 9.17) is 4.98 Å². The molecule has 0 atom stereocenters. The lowest BCUT2D eigenvalue weighted by Gasteiger charge is -2.31. The number of fused-ring (bicyclic) bond motifs is 1. The second kappa shape index (κ2) is 10.6. The Morgan fingerprint density at radius 3 is 2.68 bits per heavy atom. The molecule has 0 unspecified atom stereocenters. The number of pyridine rings is 1. The van der Waals surface area contributed by atoms with Crippen LogP contribution in [0, 0.1) is 0 Å². The van der Waals surface area contributed by atoms with E-state index in [2.05, 4.69) is 27.1 Å². The van der Waals surface area contributed by atoms with Crippen LogP contribution in [-0.4, -0.2) is 55.2 Å². The van der Waals surface area contributed by atoms with E-state index in [9.17, 15) is 14.7 Å². The Labute approximate surface area is 219 Å². The van der Waals surface area contributed by atoms with Crippen LogP contribution in [0.2, 0.25) is 0 Å². The summed E-state index contributed by atoms with van der Waals surface area (Å²) < 4.78 is 4.82. The highest BCUT2D eigenvalue weighted by Gasteiger charge is 2.19. The van der Waals surface area contributed by atoms with Gasteiger partial charge in [0.05, 0.1) is 18.8 Å². The average molecular weight is 517 g/mol. The van der Waals surface area contributed by atoms with E-state index >= 15 is 0 Å². The maximum Gasteiger partial charge on any atom is 0.278 e. The van der Waals surface area contributed by atoms with E-state index < -0.39 is 0 Å². The van der Waals surface area contributed by atoms with Crippen molar-refractivity contribution in [3.8, 4) is 5.69 Å². The number of rotatable bonds is 8. The molecule has 1 saturated heterocycles. The Kier molecular flexibility index (Phi) is 7.12. The number of nitrogens with one attached hydrogen (secondary N) is 2. The number of aromatic nitrogens is 5. The minimum Gasteiger partial charge on any atom is -0.392 e. The molecule has 5 rings (SSSR count). The van der Waals surface area contributed by atoms with Gasteiger partial charge in [0.2, 0.25) is 5.95 Å². The normalized spacial score (nSPS) is 13.8. The van der Waals surface area contributed by atoms with Crippen LogP contribution in [0.1, 0.15) is 25.5 Å². The molecule has 1 aliphatic rings. The fourth-order valence-corrected chi connectivity index (χ4v) is 4.79. The van der Waals surface area contributed by atoms with E-state index in [0.29, 0.717) is 22.7 Å². The summed E-state index contributed by atoms with van der Waals surface area (Å²) in [5.41, 5.74) is 3.19. The van der Waals surface area contributed by atoms with Crippen molar-refractivity contribution in [2.24, 2.45) is 0 Å². The molecule has 198 valence electrons. The molecule has 0 spiro atoms. The van der Waals surface area contributed by atoms with Crippen LogP contribution >= 0.6 is 0 Å². The quantitative estimate of drug-likeness (QED) is 0.305. The largest absolute Gasteiger partial charge is 0.392 e. The predicted molar refractivity (Wildman–Crippen MR) is 149 cm³/mol. The van der Waals surface area contributed by atoms with Crippen molar-refractivity contribution in [2.75, 3.05) is 36.4 Å². The van der Waals surface area contributed by atoms with Crippen LogP contribution in [-0.2, 0) is 13.2 Å². The third kappa shape index (κ3) is 4.73. The van der Waals surface area contributed by atoms with Gasteiger partial charge in [0.25, 0.3) is 11.1 Å². The number of allylic oxidation sites excluding steroid dienone is 1. The van der Waals surface area contributed by atoms with Crippen LogP contribution in [0.3, 0.4) is 0 Å². The standard InChI is InChI=1S/C27H32N8O3/c1-4-11-34-26(38)22-15-29-27(31-25(22)35(34)21-6-8-24(37)33(16-21)18(2)3)30-20-5-7-23(19(14-20)17-36)32-12-9-28-10-13-32/h4-8,14-16,18,28,36H,1,9-13,17H2,2-3H3,(H,29,30,31). The number of hydrogen-bond donors (Lipinski definition) is 3. The molecule has 1 fully saturated rings. The number of piperazine rings is 1. The minimum absolute atomic E-state index is 0.0550. The fourth-order valence-electron chi connectivity index (χ4n) is 4.79. The summed E-state index contributed by atoms with van der Waals surface area (Å²) in [6, 6.07) is 8.92. The van der Waals surface area contributed by atoms with Gasteiger partial charge in [-0.2, -0.15) is 4.98 Å². The summed E-state index contributed by atoms with van der Waals surface area (Å²) in [5.74, 6) is 0.304. The molecule has 0 bridgehead atoms. The summed E-state index contributed by atoms with van der Waals surface area (Å²) in [4.78, 5) is 36.9. The molecule has 38 heavy (non-hydrogen) atoms. The lowest BCUT2D eigenvalue weighted by atomic mass is 10.1. The van der Waals surface area contributed by atoms with Crippen molar-refractivity contribution >= 4 is 28.4 Å². The van der Waals surface area contributed by atoms with Gasteiger partial charge in [-0.1, -0.05) is 6.08 Å². The average Bonchev–Trinajstić information content (AvgIpc) is 3.20. The highest BCUT2D eigenvalue weighted by molar-refractivity contribution is 5.77. The van der Waals surface area contributed by atoms with Gasteiger partial charge in [-0.3, -0.25) is 9.59 Å². The number of anilines is 3. The van der Waals surface area contributed by atoms with Gasteiger partial charge < -0.3 is 25.2 Å². The Bertz CT molecular complexity index is 1590. The molecular weight excluding hydrogens is 484 g/mol. The highest BCUT2D eigenvalue weighted by atomic mass is 16.3. The van der Waals surface area contributed by atoms with Gasteiger partial charge in [0, 0.05) is 67.6 Å². The van der Waals surface area contributed by atoms with Crippen molar-refractivity contribution in [2.45, 2.75) is 33.0 Å². The summed E-state index contributed by atoms with van der Waals surface area (Å²) >= 11 is 0. The molecule has 3 N–H and O–H groups in total. The summed E-state index contributed by atoms with van der Waals surface area (Å²) in [7, 11) is 0. The van der Waals surface area contributed by atoms with Crippen molar-refractivity contribution in [3.05, 3.63) is 81.7 Å². The zero-order chi connectivity index (χ0) is 26.8. The van der Waals surface area contributed by atoms with E-state index in [1.807, 2.05) is 32.0 Å². The van der Waals surface area contributed by atoms with Gasteiger partial charge in [0.1, 0.15) is 5.39 Å². The molecule has 0 radical (unpaired) electrons. The first-order valence-electron chi connectivity index (χ1n) is 12.7. The van der Waals surface area contributed by atoms with E-state index in [1.165, 1.54) is 16.9 Å². The molecule has 1 aliphatic heterocycles. The van der Waals surface area contributed by atoms with E-state index in [-0.39, 0.29) is 30.3 Å². The lowest BCUT2D eigenvalue weighted by Crippen LogP contribution is -2.43. The molecule has 11 heteroatoms. The first kappa shape index (κ1) is 25.4. The number of aliphatic hydroxyl groups excluding tert-OH is 1. The first-order valence-corrected chi connectivity index (χ1v) is 12.7. The van der Waals surface area contributed by atoms with Crippen LogP contribution in [0.4, 0.5) is 17.3 Å².